The van der Waals surface area contributed by atoms with Gasteiger partial charge in [-0.3, -0.25) is 4.79 Å². The Kier molecular flexibility index (Phi) is 1.48. The van der Waals surface area contributed by atoms with Crippen LogP contribution >= 0.6 is 0 Å². The number of fused-ring (bicyclic) bond motifs is 1. The van der Waals surface area contributed by atoms with Crippen LogP contribution in [0.4, 0.5) is 0 Å². The van der Waals surface area contributed by atoms with Crippen molar-refractivity contribution >= 4 is 10.9 Å². The summed E-state index contributed by atoms with van der Waals surface area (Å²) in [6, 6.07) is 3.91. The summed E-state index contributed by atoms with van der Waals surface area (Å²) in [6.45, 7) is 0. The van der Waals surface area contributed by atoms with Crippen molar-refractivity contribution in [2.75, 3.05) is 0 Å². The number of aromatic nitrogens is 1. The van der Waals surface area contributed by atoms with Gasteiger partial charge in [0.25, 0.3) is 0 Å². The van der Waals surface area contributed by atoms with Gasteiger partial charge in [0.05, 0.1) is 5.52 Å². The summed E-state index contributed by atoms with van der Waals surface area (Å²) in [5.74, 6) is -0.529. The van der Waals surface area contributed by atoms with E-state index in [1.165, 1.54) is 24.4 Å². The molecule has 0 atom stereocenters. The second-order valence-corrected chi connectivity index (χ2v) is 2.73. The van der Waals surface area contributed by atoms with Crippen molar-refractivity contribution in [2.24, 2.45) is 0 Å². The molecular formula is C9H7NO3. The number of hydrogen-bond acceptors (Lipinski definition) is 3. The number of rotatable bonds is 0. The molecule has 0 aliphatic rings. The summed E-state index contributed by atoms with van der Waals surface area (Å²) in [4.78, 5) is 14.0. The summed E-state index contributed by atoms with van der Waals surface area (Å²) in [5.41, 5.74) is 0.312. The van der Waals surface area contributed by atoms with Crippen molar-refractivity contribution in [3.05, 3.63) is 34.6 Å². The standard InChI is InChI=1S/C9H7NO3/c11-7-1-2-10-6-4-9(13)8(12)3-5(6)7/h1-4,12-13H,(H,10,11). The van der Waals surface area contributed by atoms with E-state index in [0.29, 0.717) is 10.9 Å². The van der Waals surface area contributed by atoms with Gasteiger partial charge in [-0.1, -0.05) is 0 Å². The number of benzene rings is 1. The first-order chi connectivity index (χ1) is 6.18. The Balaban J connectivity index is 2.97. The normalized spacial score (nSPS) is 10.5. The predicted molar refractivity (Wildman–Crippen MR) is 47.9 cm³/mol. The maximum Gasteiger partial charge on any atom is 0.189 e. The van der Waals surface area contributed by atoms with Crippen molar-refractivity contribution in [2.45, 2.75) is 0 Å². The molecule has 1 heterocycles. The van der Waals surface area contributed by atoms with Crippen LogP contribution in [0.5, 0.6) is 11.5 Å². The molecule has 3 N–H and O–H groups in total. The lowest BCUT2D eigenvalue weighted by Gasteiger charge is -1.99. The zero-order valence-electron chi connectivity index (χ0n) is 6.61. The number of phenols is 2. The van der Waals surface area contributed by atoms with Gasteiger partial charge in [0.1, 0.15) is 0 Å². The van der Waals surface area contributed by atoms with E-state index in [0.717, 1.165) is 0 Å². The molecule has 0 aliphatic heterocycles. The maximum atomic E-state index is 11.2. The van der Waals surface area contributed by atoms with Crippen LogP contribution in [0, 0.1) is 0 Å². The number of hydrogen-bond donors (Lipinski definition) is 3. The van der Waals surface area contributed by atoms with Crippen LogP contribution in [0.1, 0.15) is 0 Å². The first-order valence-electron chi connectivity index (χ1n) is 3.72. The van der Waals surface area contributed by atoms with Crippen molar-refractivity contribution in [3.8, 4) is 11.5 Å². The molecule has 0 fully saturated rings. The second kappa shape index (κ2) is 2.52. The van der Waals surface area contributed by atoms with E-state index in [4.69, 9.17) is 10.2 Å². The fraction of sp³-hybridized carbons (Fsp3) is 0. The number of phenolic OH excluding ortho intramolecular Hbond substituents is 2. The summed E-state index contributed by atoms with van der Waals surface area (Å²) >= 11 is 0. The maximum absolute atomic E-state index is 11.2. The molecule has 0 spiro atoms. The molecule has 4 heteroatoms. The van der Waals surface area contributed by atoms with Gasteiger partial charge in [0.2, 0.25) is 0 Å². The molecule has 0 radical (unpaired) electrons. The molecule has 66 valence electrons. The van der Waals surface area contributed by atoms with E-state index in [1.54, 1.807) is 0 Å². The smallest absolute Gasteiger partial charge is 0.189 e. The van der Waals surface area contributed by atoms with Gasteiger partial charge in [-0.05, 0) is 6.07 Å². The Labute approximate surface area is 73.1 Å². The highest BCUT2D eigenvalue weighted by atomic mass is 16.3. The lowest BCUT2D eigenvalue weighted by Crippen LogP contribution is -1.99. The van der Waals surface area contributed by atoms with Crippen LogP contribution in [-0.2, 0) is 0 Å². The largest absolute Gasteiger partial charge is 0.504 e. The number of aromatic hydroxyl groups is 2. The zero-order chi connectivity index (χ0) is 9.42. The molecule has 2 aromatic rings. The van der Waals surface area contributed by atoms with Gasteiger partial charge >= 0.3 is 0 Å². The molecule has 13 heavy (non-hydrogen) atoms. The van der Waals surface area contributed by atoms with Crippen molar-refractivity contribution in [1.82, 2.24) is 4.98 Å². The first-order valence-corrected chi connectivity index (χ1v) is 3.72. The van der Waals surface area contributed by atoms with Crippen LogP contribution in [-0.4, -0.2) is 15.2 Å². The van der Waals surface area contributed by atoms with Gasteiger partial charge in [0.15, 0.2) is 16.9 Å². The van der Waals surface area contributed by atoms with Crippen molar-refractivity contribution < 1.29 is 10.2 Å². The average Bonchev–Trinajstić information content (AvgIpc) is 2.09. The Bertz CT molecular complexity index is 516. The third-order valence-corrected chi connectivity index (χ3v) is 1.85. The summed E-state index contributed by atoms with van der Waals surface area (Å²) in [5, 5.41) is 18.6. The van der Waals surface area contributed by atoms with Crippen LogP contribution < -0.4 is 5.43 Å². The fourth-order valence-corrected chi connectivity index (χ4v) is 1.20. The SMILES string of the molecule is O=c1cc[nH]c2cc(O)c(O)cc12. The van der Waals surface area contributed by atoms with E-state index in [9.17, 15) is 4.79 Å². The molecule has 0 aliphatic carbocycles. The van der Waals surface area contributed by atoms with E-state index in [1.807, 2.05) is 0 Å². The molecule has 1 aromatic carbocycles. The van der Waals surface area contributed by atoms with E-state index in [-0.39, 0.29) is 16.9 Å². The molecule has 0 saturated carbocycles. The molecule has 1 aromatic heterocycles. The van der Waals surface area contributed by atoms with Crippen LogP contribution in [0.15, 0.2) is 29.2 Å². The number of H-pyrrole nitrogens is 1. The summed E-state index contributed by atoms with van der Waals surface area (Å²) in [7, 11) is 0. The Morgan fingerprint density at radius 1 is 1.15 bits per heavy atom. The Morgan fingerprint density at radius 2 is 1.85 bits per heavy atom. The van der Waals surface area contributed by atoms with Gasteiger partial charge in [-0.25, -0.2) is 0 Å². The van der Waals surface area contributed by atoms with Crippen LogP contribution in [0.25, 0.3) is 10.9 Å². The van der Waals surface area contributed by atoms with Crippen LogP contribution in [0.2, 0.25) is 0 Å². The summed E-state index contributed by atoms with van der Waals surface area (Å²) < 4.78 is 0. The molecule has 0 amide bonds. The minimum absolute atomic E-state index is 0.191. The van der Waals surface area contributed by atoms with Crippen LogP contribution in [0.3, 0.4) is 0 Å². The van der Waals surface area contributed by atoms with Gasteiger partial charge in [-0.2, -0.15) is 0 Å². The fourth-order valence-electron chi connectivity index (χ4n) is 1.20. The highest BCUT2D eigenvalue weighted by molar-refractivity contribution is 5.81. The molecular weight excluding hydrogens is 170 g/mol. The zero-order valence-corrected chi connectivity index (χ0v) is 6.61. The lowest BCUT2D eigenvalue weighted by atomic mass is 10.2. The van der Waals surface area contributed by atoms with Crippen molar-refractivity contribution in [1.29, 1.82) is 0 Å². The van der Waals surface area contributed by atoms with Crippen molar-refractivity contribution in [3.63, 3.8) is 0 Å². The van der Waals surface area contributed by atoms with E-state index in [2.05, 4.69) is 4.98 Å². The third-order valence-electron chi connectivity index (χ3n) is 1.85. The monoisotopic (exact) mass is 177 g/mol. The quantitative estimate of drug-likeness (QED) is 0.524. The lowest BCUT2D eigenvalue weighted by molar-refractivity contribution is 0.405. The Morgan fingerprint density at radius 3 is 2.62 bits per heavy atom. The molecule has 0 unspecified atom stereocenters. The molecule has 4 nitrogen and oxygen atoms in total. The summed E-state index contributed by atoms with van der Waals surface area (Å²) in [6.07, 6.45) is 1.49. The Hall–Kier alpha value is -1.97. The van der Waals surface area contributed by atoms with Gasteiger partial charge < -0.3 is 15.2 Å². The average molecular weight is 177 g/mol. The highest BCUT2D eigenvalue weighted by Crippen LogP contribution is 2.27. The minimum atomic E-state index is -0.288. The van der Waals surface area contributed by atoms with E-state index < -0.39 is 0 Å². The number of aromatic amines is 1. The van der Waals surface area contributed by atoms with E-state index >= 15 is 0 Å². The predicted octanol–water partition coefficient (Wildman–Crippen LogP) is 0.939. The first kappa shape index (κ1) is 7.67. The third kappa shape index (κ3) is 1.12. The molecule has 0 saturated heterocycles. The molecule has 2 rings (SSSR count). The topological polar surface area (TPSA) is 73.3 Å². The highest BCUT2D eigenvalue weighted by Gasteiger charge is 2.03. The second-order valence-electron chi connectivity index (χ2n) is 2.73. The number of pyridine rings is 1. The van der Waals surface area contributed by atoms with Gasteiger partial charge in [-0.15, -0.1) is 0 Å². The number of nitrogens with one attached hydrogen (secondary N) is 1. The minimum Gasteiger partial charge on any atom is -0.504 e. The van der Waals surface area contributed by atoms with Gasteiger partial charge in [0, 0.05) is 23.7 Å². The molecule has 0 bridgehead atoms.